The minimum atomic E-state index is -0.455. The molecule has 0 heterocycles. The molecule has 1 rings (SSSR count). The number of nitrogens with one attached hydrogen (secondary N) is 1. The van der Waals surface area contributed by atoms with Crippen LogP contribution >= 0.6 is 11.8 Å². The minimum absolute atomic E-state index is 0.454. The lowest BCUT2D eigenvalue weighted by Gasteiger charge is -2.10. The molecule has 0 aliphatic heterocycles. The van der Waals surface area contributed by atoms with E-state index in [2.05, 4.69) is 11.6 Å². The molecule has 94 valence electrons. The lowest BCUT2D eigenvalue weighted by molar-refractivity contribution is 0.100. The summed E-state index contributed by atoms with van der Waals surface area (Å²) in [7, 11) is 0. The van der Waals surface area contributed by atoms with E-state index in [1.54, 1.807) is 18.2 Å². The molecule has 1 amide bonds. The van der Waals surface area contributed by atoms with Crippen molar-refractivity contribution < 1.29 is 4.79 Å². The molecule has 0 atom stereocenters. The van der Waals surface area contributed by atoms with Gasteiger partial charge >= 0.3 is 0 Å². The Bertz CT molecular complexity index is 382. The molecule has 0 spiro atoms. The first-order valence-corrected chi connectivity index (χ1v) is 6.96. The molecule has 0 radical (unpaired) electrons. The maximum Gasteiger partial charge on any atom is 0.250 e. The Hall–Kier alpha value is -1.36. The average Bonchev–Trinajstić information content (AvgIpc) is 2.30. The molecule has 0 fully saturated rings. The summed E-state index contributed by atoms with van der Waals surface area (Å²) in [6.45, 7) is 0.838. The van der Waals surface area contributed by atoms with Crippen molar-refractivity contribution >= 4 is 29.0 Å². The molecule has 1 aromatic rings. The monoisotopic (exact) mass is 253 g/mol. The van der Waals surface area contributed by atoms with Crippen molar-refractivity contribution in [3.05, 3.63) is 23.8 Å². The molecule has 0 unspecified atom stereocenters. The van der Waals surface area contributed by atoms with Crippen LogP contribution in [0.3, 0.4) is 0 Å². The topological polar surface area (TPSA) is 81.1 Å². The number of nitrogens with two attached hydrogens (primary N) is 2. The van der Waals surface area contributed by atoms with Crippen LogP contribution in [0.2, 0.25) is 0 Å². The van der Waals surface area contributed by atoms with E-state index in [0.29, 0.717) is 11.3 Å². The summed E-state index contributed by atoms with van der Waals surface area (Å²) in [6.07, 6.45) is 4.33. The van der Waals surface area contributed by atoms with Crippen LogP contribution in [0.15, 0.2) is 18.2 Å². The highest BCUT2D eigenvalue weighted by molar-refractivity contribution is 7.98. The van der Waals surface area contributed by atoms with Gasteiger partial charge in [-0.15, -0.1) is 0 Å². The third-order valence-electron chi connectivity index (χ3n) is 2.40. The van der Waals surface area contributed by atoms with Crippen LogP contribution in [0.25, 0.3) is 0 Å². The highest BCUT2D eigenvalue weighted by Gasteiger charge is 2.07. The van der Waals surface area contributed by atoms with Crippen LogP contribution in [-0.4, -0.2) is 24.5 Å². The van der Waals surface area contributed by atoms with E-state index in [0.717, 1.165) is 30.8 Å². The van der Waals surface area contributed by atoms with Gasteiger partial charge in [0.15, 0.2) is 0 Å². The number of hydrogen-bond acceptors (Lipinski definition) is 4. The normalized spacial score (nSPS) is 10.2. The van der Waals surface area contributed by atoms with E-state index in [9.17, 15) is 4.79 Å². The number of carbonyl (C=O) groups excluding carboxylic acids is 1. The van der Waals surface area contributed by atoms with Crippen molar-refractivity contribution in [2.75, 3.05) is 29.6 Å². The number of unbranched alkanes of at least 4 members (excludes halogenated alkanes) is 1. The molecule has 0 aromatic heterocycles. The van der Waals surface area contributed by atoms with Crippen molar-refractivity contribution in [3.8, 4) is 0 Å². The van der Waals surface area contributed by atoms with E-state index < -0.39 is 5.91 Å². The Morgan fingerprint density at radius 2 is 2.18 bits per heavy atom. The van der Waals surface area contributed by atoms with Crippen LogP contribution in [0, 0.1) is 0 Å². The van der Waals surface area contributed by atoms with Gasteiger partial charge in [0.2, 0.25) is 0 Å². The first-order chi connectivity index (χ1) is 8.15. The van der Waals surface area contributed by atoms with Gasteiger partial charge in [-0.2, -0.15) is 11.8 Å². The first-order valence-electron chi connectivity index (χ1n) is 5.57. The average molecular weight is 253 g/mol. The van der Waals surface area contributed by atoms with Crippen molar-refractivity contribution in [3.63, 3.8) is 0 Å². The zero-order valence-corrected chi connectivity index (χ0v) is 10.8. The number of anilines is 2. The Balaban J connectivity index is 2.55. The Morgan fingerprint density at radius 1 is 1.41 bits per heavy atom. The predicted molar refractivity (Wildman–Crippen MR) is 75.5 cm³/mol. The number of primary amides is 1. The van der Waals surface area contributed by atoms with Crippen LogP contribution < -0.4 is 16.8 Å². The molecule has 0 aliphatic rings. The lowest BCUT2D eigenvalue weighted by Crippen LogP contribution is -2.15. The summed E-state index contributed by atoms with van der Waals surface area (Å²) >= 11 is 1.84. The minimum Gasteiger partial charge on any atom is -0.399 e. The molecular weight excluding hydrogens is 234 g/mol. The van der Waals surface area contributed by atoms with Crippen molar-refractivity contribution in [2.24, 2.45) is 5.73 Å². The third-order valence-corrected chi connectivity index (χ3v) is 3.10. The summed E-state index contributed by atoms with van der Waals surface area (Å²) in [5.74, 6) is 0.704. The highest BCUT2D eigenvalue weighted by Crippen LogP contribution is 2.18. The molecule has 17 heavy (non-hydrogen) atoms. The van der Waals surface area contributed by atoms with Gasteiger partial charge in [0.1, 0.15) is 0 Å². The molecule has 0 aliphatic carbocycles. The van der Waals surface area contributed by atoms with Gasteiger partial charge in [0.05, 0.1) is 5.56 Å². The molecule has 0 bridgehead atoms. The van der Waals surface area contributed by atoms with Gasteiger partial charge in [-0.25, -0.2) is 0 Å². The Labute approximate surface area is 106 Å². The number of thioether (sulfide) groups is 1. The van der Waals surface area contributed by atoms with E-state index in [1.165, 1.54) is 0 Å². The summed E-state index contributed by atoms with van der Waals surface area (Å²) in [6, 6.07) is 5.16. The fourth-order valence-electron chi connectivity index (χ4n) is 1.51. The Kier molecular flexibility index (Phi) is 5.69. The first kappa shape index (κ1) is 13.7. The summed E-state index contributed by atoms with van der Waals surface area (Å²) in [4.78, 5) is 11.2. The zero-order chi connectivity index (χ0) is 12.7. The molecule has 0 saturated heterocycles. The lowest BCUT2D eigenvalue weighted by atomic mass is 10.1. The van der Waals surface area contributed by atoms with Crippen LogP contribution in [0.5, 0.6) is 0 Å². The molecule has 5 N–H and O–H groups in total. The van der Waals surface area contributed by atoms with Gasteiger partial charge < -0.3 is 16.8 Å². The van der Waals surface area contributed by atoms with Crippen molar-refractivity contribution in [1.82, 2.24) is 0 Å². The van der Waals surface area contributed by atoms with Crippen LogP contribution in [-0.2, 0) is 0 Å². The number of amides is 1. The van der Waals surface area contributed by atoms with E-state index >= 15 is 0 Å². The second-order valence-electron chi connectivity index (χ2n) is 3.80. The molecule has 4 nitrogen and oxygen atoms in total. The maximum atomic E-state index is 11.2. The second kappa shape index (κ2) is 7.06. The summed E-state index contributed by atoms with van der Waals surface area (Å²) < 4.78 is 0. The van der Waals surface area contributed by atoms with E-state index in [-0.39, 0.29) is 0 Å². The SMILES string of the molecule is CSCCCCNc1ccc(N)cc1C(N)=O. The third kappa shape index (κ3) is 4.56. The second-order valence-corrected chi connectivity index (χ2v) is 4.78. The standard InChI is InChI=1S/C12H19N3OS/c1-17-7-3-2-6-15-11-5-4-9(13)8-10(11)12(14)16/h4-5,8,15H,2-3,6-7,13H2,1H3,(H2,14,16). The highest BCUT2D eigenvalue weighted by atomic mass is 32.2. The summed E-state index contributed by atoms with van der Waals surface area (Å²) in [5, 5.41) is 3.22. The van der Waals surface area contributed by atoms with Gasteiger partial charge in [0.25, 0.3) is 5.91 Å². The fourth-order valence-corrected chi connectivity index (χ4v) is 2.01. The molecule has 1 aromatic carbocycles. The number of benzene rings is 1. The predicted octanol–water partition coefficient (Wildman–Crippen LogP) is 1.92. The van der Waals surface area contributed by atoms with Crippen molar-refractivity contribution in [1.29, 1.82) is 0 Å². The molecule has 5 heteroatoms. The van der Waals surface area contributed by atoms with Crippen LogP contribution in [0.1, 0.15) is 23.2 Å². The zero-order valence-electron chi connectivity index (χ0n) is 10.0. The molecule has 0 saturated carbocycles. The van der Waals surface area contributed by atoms with Gasteiger partial charge in [0, 0.05) is 17.9 Å². The molecular formula is C12H19N3OS. The number of nitrogen functional groups attached to an aromatic ring is 1. The summed E-state index contributed by atoms with van der Waals surface area (Å²) in [5.41, 5.74) is 12.7. The van der Waals surface area contributed by atoms with Gasteiger partial charge in [-0.05, 0) is 43.0 Å². The van der Waals surface area contributed by atoms with Crippen LogP contribution in [0.4, 0.5) is 11.4 Å². The number of rotatable bonds is 7. The van der Waals surface area contributed by atoms with Gasteiger partial charge in [-0.1, -0.05) is 0 Å². The van der Waals surface area contributed by atoms with E-state index in [4.69, 9.17) is 11.5 Å². The fraction of sp³-hybridized carbons (Fsp3) is 0.417. The maximum absolute atomic E-state index is 11.2. The largest absolute Gasteiger partial charge is 0.399 e. The Morgan fingerprint density at radius 3 is 2.82 bits per heavy atom. The number of hydrogen-bond donors (Lipinski definition) is 3. The number of carbonyl (C=O) groups is 1. The van der Waals surface area contributed by atoms with Crippen molar-refractivity contribution in [2.45, 2.75) is 12.8 Å². The quantitative estimate of drug-likeness (QED) is 0.512. The van der Waals surface area contributed by atoms with E-state index in [1.807, 2.05) is 11.8 Å². The van der Waals surface area contributed by atoms with Gasteiger partial charge in [-0.3, -0.25) is 4.79 Å². The smallest absolute Gasteiger partial charge is 0.250 e.